The van der Waals surface area contributed by atoms with E-state index in [1.807, 2.05) is 0 Å². The van der Waals surface area contributed by atoms with Crippen LogP contribution in [0.2, 0.25) is 0 Å². The molecule has 0 aliphatic rings. The minimum atomic E-state index is -0.523. The normalized spacial score (nSPS) is 9.10. The first kappa shape index (κ1) is 13.5. The quantitative estimate of drug-likeness (QED) is 0.570. The lowest BCUT2D eigenvalue weighted by molar-refractivity contribution is 0.632. The highest BCUT2D eigenvalue weighted by atomic mass is 19.1. The molecule has 0 unspecified atom stereocenters. The molecule has 2 aromatic carbocycles. The molecular formula is C16H10F2N2. The molecule has 0 aliphatic heterocycles. The van der Waals surface area contributed by atoms with Gasteiger partial charge in [-0.2, -0.15) is 0 Å². The van der Waals surface area contributed by atoms with E-state index < -0.39 is 11.6 Å². The molecule has 0 atom stereocenters. The van der Waals surface area contributed by atoms with Gasteiger partial charge in [-0.3, -0.25) is 0 Å². The van der Waals surface area contributed by atoms with Crippen molar-refractivity contribution in [3.63, 3.8) is 0 Å². The Kier molecular flexibility index (Phi) is 3.88. The summed E-state index contributed by atoms with van der Waals surface area (Å²) < 4.78 is 26.3. The molecule has 0 heterocycles. The van der Waals surface area contributed by atoms with E-state index in [0.29, 0.717) is 11.1 Å². The van der Waals surface area contributed by atoms with Crippen LogP contribution in [0.4, 0.5) is 20.2 Å². The Morgan fingerprint density at radius 3 is 1.45 bits per heavy atom. The lowest BCUT2D eigenvalue weighted by Gasteiger charge is -1.95. The van der Waals surface area contributed by atoms with Crippen LogP contribution in [0, 0.1) is 35.3 Å². The van der Waals surface area contributed by atoms with E-state index in [-0.39, 0.29) is 11.4 Å². The van der Waals surface area contributed by atoms with Crippen molar-refractivity contribution in [2.45, 2.75) is 0 Å². The van der Waals surface area contributed by atoms with Gasteiger partial charge in [0.1, 0.15) is 11.6 Å². The van der Waals surface area contributed by atoms with Gasteiger partial charge in [-0.15, -0.1) is 0 Å². The summed E-state index contributed by atoms with van der Waals surface area (Å²) in [5, 5.41) is 0. The molecule has 0 fully saturated rings. The predicted molar refractivity (Wildman–Crippen MR) is 75.4 cm³/mol. The monoisotopic (exact) mass is 268 g/mol. The SMILES string of the molecule is Nc1ccc(C#CC#Cc2ccc(N)c(F)c2)cc1F. The summed E-state index contributed by atoms with van der Waals surface area (Å²) in [5.41, 5.74) is 11.8. The van der Waals surface area contributed by atoms with E-state index in [2.05, 4.69) is 23.7 Å². The lowest BCUT2D eigenvalue weighted by Crippen LogP contribution is -1.90. The van der Waals surface area contributed by atoms with Gasteiger partial charge in [0, 0.05) is 11.1 Å². The molecule has 98 valence electrons. The van der Waals surface area contributed by atoms with Gasteiger partial charge in [-0.05, 0) is 48.2 Å². The highest BCUT2D eigenvalue weighted by Gasteiger charge is 1.97. The number of rotatable bonds is 0. The third kappa shape index (κ3) is 3.28. The van der Waals surface area contributed by atoms with E-state index in [0.717, 1.165) is 0 Å². The largest absolute Gasteiger partial charge is 0.396 e. The molecule has 2 aromatic rings. The van der Waals surface area contributed by atoms with Crippen LogP contribution in [0.15, 0.2) is 36.4 Å². The Labute approximate surface area is 115 Å². The van der Waals surface area contributed by atoms with Gasteiger partial charge in [-0.25, -0.2) is 8.78 Å². The molecule has 0 saturated heterocycles. The molecule has 4 heteroatoms. The smallest absolute Gasteiger partial charge is 0.147 e. The minimum Gasteiger partial charge on any atom is -0.396 e. The van der Waals surface area contributed by atoms with Gasteiger partial charge in [0.15, 0.2) is 0 Å². The first-order valence-corrected chi connectivity index (χ1v) is 5.68. The zero-order valence-corrected chi connectivity index (χ0v) is 10.4. The third-order valence-corrected chi connectivity index (χ3v) is 2.48. The molecule has 0 radical (unpaired) electrons. The third-order valence-electron chi connectivity index (χ3n) is 2.48. The molecule has 2 rings (SSSR count). The average Bonchev–Trinajstić information content (AvgIpc) is 2.42. The molecule has 2 nitrogen and oxygen atoms in total. The van der Waals surface area contributed by atoms with Gasteiger partial charge < -0.3 is 11.5 Å². The molecule has 20 heavy (non-hydrogen) atoms. The van der Waals surface area contributed by atoms with Gasteiger partial charge in [0.05, 0.1) is 11.4 Å². The topological polar surface area (TPSA) is 52.0 Å². The van der Waals surface area contributed by atoms with E-state index >= 15 is 0 Å². The number of anilines is 2. The minimum absolute atomic E-state index is 0.0685. The fourth-order valence-corrected chi connectivity index (χ4v) is 1.42. The number of nitrogen functional groups attached to an aromatic ring is 2. The summed E-state index contributed by atoms with van der Waals surface area (Å²) in [5.74, 6) is 9.41. The number of hydrogen-bond donors (Lipinski definition) is 2. The second-order valence-corrected chi connectivity index (χ2v) is 3.97. The summed E-state index contributed by atoms with van der Waals surface area (Å²) in [6, 6.07) is 8.51. The van der Waals surface area contributed by atoms with Crippen LogP contribution in [0.5, 0.6) is 0 Å². The molecule has 0 aliphatic carbocycles. The van der Waals surface area contributed by atoms with Crippen molar-refractivity contribution in [3.05, 3.63) is 59.2 Å². The highest BCUT2D eigenvalue weighted by Crippen LogP contribution is 2.11. The van der Waals surface area contributed by atoms with Crippen molar-refractivity contribution in [2.75, 3.05) is 11.5 Å². The van der Waals surface area contributed by atoms with Crippen molar-refractivity contribution < 1.29 is 8.78 Å². The number of benzene rings is 2. The van der Waals surface area contributed by atoms with Gasteiger partial charge in [0.25, 0.3) is 0 Å². The van der Waals surface area contributed by atoms with Crippen LogP contribution in [-0.4, -0.2) is 0 Å². The van der Waals surface area contributed by atoms with E-state index in [4.69, 9.17) is 11.5 Å². The summed E-state index contributed by atoms with van der Waals surface area (Å²) in [6.07, 6.45) is 0. The zero-order valence-electron chi connectivity index (χ0n) is 10.4. The van der Waals surface area contributed by atoms with Crippen molar-refractivity contribution >= 4 is 11.4 Å². The van der Waals surface area contributed by atoms with Crippen molar-refractivity contribution in [1.82, 2.24) is 0 Å². The van der Waals surface area contributed by atoms with Crippen LogP contribution in [-0.2, 0) is 0 Å². The highest BCUT2D eigenvalue weighted by molar-refractivity contribution is 5.50. The molecule has 0 saturated carbocycles. The fraction of sp³-hybridized carbons (Fsp3) is 0. The molecule has 0 amide bonds. The average molecular weight is 268 g/mol. The lowest BCUT2D eigenvalue weighted by atomic mass is 10.2. The summed E-state index contributed by atoms with van der Waals surface area (Å²) in [6.45, 7) is 0. The van der Waals surface area contributed by atoms with Crippen LogP contribution < -0.4 is 11.5 Å². The Morgan fingerprint density at radius 1 is 0.700 bits per heavy atom. The standard InChI is InChI=1S/C16H10F2N2/c17-13-9-11(5-7-15(13)19)3-1-2-4-12-6-8-16(20)14(18)10-12/h5-10H,19-20H2. The van der Waals surface area contributed by atoms with E-state index in [1.54, 1.807) is 12.1 Å². The Balaban J connectivity index is 2.17. The second-order valence-electron chi connectivity index (χ2n) is 3.97. The first-order chi connectivity index (χ1) is 9.56. The van der Waals surface area contributed by atoms with Crippen LogP contribution in [0.1, 0.15) is 11.1 Å². The van der Waals surface area contributed by atoms with Gasteiger partial charge in [0.2, 0.25) is 0 Å². The maximum atomic E-state index is 13.2. The maximum Gasteiger partial charge on any atom is 0.147 e. The number of halogens is 2. The number of hydrogen-bond acceptors (Lipinski definition) is 2. The first-order valence-electron chi connectivity index (χ1n) is 5.68. The van der Waals surface area contributed by atoms with Crippen LogP contribution in [0.3, 0.4) is 0 Å². The van der Waals surface area contributed by atoms with Crippen molar-refractivity contribution in [2.24, 2.45) is 0 Å². The van der Waals surface area contributed by atoms with Crippen LogP contribution >= 0.6 is 0 Å². The molecule has 0 spiro atoms. The Hall–Kier alpha value is -2.98. The molecule has 0 aromatic heterocycles. The molecular weight excluding hydrogens is 258 g/mol. The van der Waals surface area contributed by atoms with E-state index in [1.165, 1.54) is 24.3 Å². The Morgan fingerprint density at radius 2 is 1.10 bits per heavy atom. The van der Waals surface area contributed by atoms with Crippen molar-refractivity contribution in [1.29, 1.82) is 0 Å². The second kappa shape index (κ2) is 5.77. The molecule has 0 bridgehead atoms. The summed E-state index contributed by atoms with van der Waals surface area (Å²) in [4.78, 5) is 0. The summed E-state index contributed by atoms with van der Waals surface area (Å²) >= 11 is 0. The molecule has 4 N–H and O–H groups in total. The number of nitrogens with two attached hydrogens (primary N) is 2. The summed E-state index contributed by atoms with van der Waals surface area (Å²) in [7, 11) is 0. The van der Waals surface area contributed by atoms with Gasteiger partial charge in [-0.1, -0.05) is 11.8 Å². The zero-order chi connectivity index (χ0) is 14.5. The van der Waals surface area contributed by atoms with Crippen molar-refractivity contribution in [3.8, 4) is 23.7 Å². The Bertz CT molecular complexity index is 707. The fourth-order valence-electron chi connectivity index (χ4n) is 1.42. The van der Waals surface area contributed by atoms with Gasteiger partial charge >= 0.3 is 0 Å². The van der Waals surface area contributed by atoms with E-state index in [9.17, 15) is 8.78 Å². The predicted octanol–water partition coefficient (Wildman–Crippen LogP) is 2.53. The maximum absolute atomic E-state index is 13.2. The van der Waals surface area contributed by atoms with Crippen LogP contribution in [0.25, 0.3) is 0 Å².